The van der Waals surface area contributed by atoms with E-state index in [0.717, 1.165) is 0 Å². The number of ether oxygens (including phenoxy) is 1. The van der Waals surface area contributed by atoms with Crippen LogP contribution in [0.15, 0.2) is 18.3 Å². The van der Waals surface area contributed by atoms with Crippen molar-refractivity contribution in [3.8, 4) is 0 Å². The van der Waals surface area contributed by atoms with Crippen molar-refractivity contribution in [2.45, 2.75) is 26.8 Å². The Hall–Kier alpha value is -1.62. The fraction of sp³-hybridized carbons (Fsp3) is 0.538. The van der Waals surface area contributed by atoms with Crippen LogP contribution < -0.4 is 11.1 Å². The minimum Gasteiger partial charge on any atom is -0.384 e. The number of hydrogen-bond donors (Lipinski definition) is 2. The minimum atomic E-state index is -0.150. The Balaban J connectivity index is 2.66. The summed E-state index contributed by atoms with van der Waals surface area (Å²) >= 11 is 0. The van der Waals surface area contributed by atoms with Crippen LogP contribution in [0.5, 0.6) is 0 Å². The van der Waals surface area contributed by atoms with E-state index in [-0.39, 0.29) is 11.9 Å². The van der Waals surface area contributed by atoms with Crippen LogP contribution in [0.1, 0.15) is 31.1 Å². The lowest BCUT2D eigenvalue weighted by Crippen LogP contribution is -2.41. The summed E-state index contributed by atoms with van der Waals surface area (Å²) in [5.41, 5.74) is 6.07. The van der Waals surface area contributed by atoms with Crippen LogP contribution >= 0.6 is 0 Å². The van der Waals surface area contributed by atoms with Gasteiger partial charge in [0.1, 0.15) is 5.82 Å². The first kappa shape index (κ1) is 14.4. The molecule has 0 aliphatic heterocycles. The molecule has 1 aromatic rings. The number of nitrogens with one attached hydrogen (secondary N) is 1. The number of anilines is 1. The Morgan fingerprint density at radius 1 is 1.56 bits per heavy atom. The topological polar surface area (TPSA) is 77.2 Å². The van der Waals surface area contributed by atoms with Gasteiger partial charge in [0.2, 0.25) is 0 Å². The minimum absolute atomic E-state index is 0.00756. The van der Waals surface area contributed by atoms with Crippen molar-refractivity contribution in [1.29, 1.82) is 0 Å². The van der Waals surface area contributed by atoms with Crippen molar-refractivity contribution in [1.82, 2.24) is 10.3 Å². The summed E-state index contributed by atoms with van der Waals surface area (Å²) in [6.07, 6.45) is 1.52. The zero-order chi connectivity index (χ0) is 13.5. The summed E-state index contributed by atoms with van der Waals surface area (Å²) in [5, 5.41) is 2.95. The van der Waals surface area contributed by atoms with Gasteiger partial charge in [0.05, 0.1) is 12.6 Å². The molecule has 0 radical (unpaired) electrons. The van der Waals surface area contributed by atoms with E-state index in [1.807, 2.05) is 20.8 Å². The summed E-state index contributed by atoms with van der Waals surface area (Å²) in [4.78, 5) is 15.9. The summed E-state index contributed by atoms with van der Waals surface area (Å²) in [5.74, 6) is 0.496. The monoisotopic (exact) mass is 251 g/mol. The summed E-state index contributed by atoms with van der Waals surface area (Å²) in [7, 11) is 0. The molecule has 1 heterocycles. The summed E-state index contributed by atoms with van der Waals surface area (Å²) < 4.78 is 5.37. The van der Waals surface area contributed by atoms with Gasteiger partial charge in [-0.25, -0.2) is 4.98 Å². The maximum atomic E-state index is 12.0. The highest BCUT2D eigenvalue weighted by atomic mass is 16.5. The molecular formula is C13H21N3O2. The lowest BCUT2D eigenvalue weighted by atomic mass is 10.0. The zero-order valence-corrected chi connectivity index (χ0v) is 11.1. The molecule has 1 rings (SSSR count). The van der Waals surface area contributed by atoms with Crippen molar-refractivity contribution in [2.75, 3.05) is 18.9 Å². The van der Waals surface area contributed by atoms with Gasteiger partial charge in [0, 0.05) is 18.4 Å². The maximum absolute atomic E-state index is 12.0. The maximum Gasteiger partial charge on any atom is 0.251 e. The molecule has 0 bridgehead atoms. The van der Waals surface area contributed by atoms with Crippen molar-refractivity contribution in [3.63, 3.8) is 0 Å². The number of nitrogens with two attached hydrogens (primary N) is 1. The van der Waals surface area contributed by atoms with Crippen LogP contribution in [0.4, 0.5) is 5.82 Å². The van der Waals surface area contributed by atoms with E-state index in [2.05, 4.69) is 10.3 Å². The van der Waals surface area contributed by atoms with Crippen LogP contribution in [0.25, 0.3) is 0 Å². The van der Waals surface area contributed by atoms with Crippen molar-refractivity contribution >= 4 is 11.7 Å². The molecule has 5 nitrogen and oxygen atoms in total. The van der Waals surface area contributed by atoms with Crippen LogP contribution in [0, 0.1) is 5.92 Å². The first-order valence-corrected chi connectivity index (χ1v) is 6.14. The van der Waals surface area contributed by atoms with Gasteiger partial charge in [-0.1, -0.05) is 13.8 Å². The molecule has 100 valence electrons. The number of aromatic nitrogens is 1. The molecule has 0 saturated carbocycles. The van der Waals surface area contributed by atoms with Gasteiger partial charge in [-0.2, -0.15) is 0 Å². The SMILES string of the molecule is CCOCC(NC(=O)c1ccnc(N)c1)C(C)C. The van der Waals surface area contributed by atoms with Gasteiger partial charge >= 0.3 is 0 Å². The van der Waals surface area contributed by atoms with Crippen molar-refractivity contribution in [3.05, 3.63) is 23.9 Å². The van der Waals surface area contributed by atoms with Gasteiger partial charge in [0.25, 0.3) is 5.91 Å². The fourth-order valence-electron chi connectivity index (χ4n) is 1.49. The third kappa shape index (κ3) is 4.33. The van der Waals surface area contributed by atoms with Crippen LogP contribution in [-0.4, -0.2) is 30.1 Å². The van der Waals surface area contributed by atoms with Crippen molar-refractivity contribution in [2.24, 2.45) is 5.92 Å². The van der Waals surface area contributed by atoms with E-state index in [9.17, 15) is 4.79 Å². The number of carbonyl (C=O) groups excluding carboxylic acids is 1. The number of pyridine rings is 1. The number of nitrogens with zero attached hydrogens (tertiary/aromatic N) is 1. The zero-order valence-electron chi connectivity index (χ0n) is 11.1. The normalized spacial score (nSPS) is 12.4. The standard InChI is InChI=1S/C13H21N3O2/c1-4-18-8-11(9(2)3)16-13(17)10-5-6-15-12(14)7-10/h5-7,9,11H,4,8H2,1-3H3,(H2,14,15)(H,16,17). The Morgan fingerprint density at radius 2 is 2.28 bits per heavy atom. The molecule has 5 heteroatoms. The Kier molecular flexibility index (Phi) is 5.58. The van der Waals surface area contributed by atoms with Gasteiger partial charge < -0.3 is 15.8 Å². The Labute approximate surface area is 108 Å². The van der Waals surface area contributed by atoms with Crippen molar-refractivity contribution < 1.29 is 9.53 Å². The molecule has 18 heavy (non-hydrogen) atoms. The number of carbonyl (C=O) groups is 1. The van der Waals surface area contributed by atoms with Gasteiger partial charge in [-0.05, 0) is 25.0 Å². The van der Waals surface area contributed by atoms with Crippen LogP contribution in [0.3, 0.4) is 0 Å². The molecule has 1 amide bonds. The number of hydrogen-bond acceptors (Lipinski definition) is 4. The average molecular weight is 251 g/mol. The third-order valence-electron chi connectivity index (χ3n) is 2.67. The number of amides is 1. The summed E-state index contributed by atoms with van der Waals surface area (Å²) in [6, 6.07) is 3.20. The van der Waals surface area contributed by atoms with Crippen LogP contribution in [0.2, 0.25) is 0 Å². The van der Waals surface area contributed by atoms with Gasteiger partial charge in [0.15, 0.2) is 0 Å². The molecule has 0 aliphatic carbocycles. The second-order valence-corrected chi connectivity index (χ2v) is 4.45. The number of nitrogen functional groups attached to an aromatic ring is 1. The predicted octanol–water partition coefficient (Wildman–Crippen LogP) is 1.45. The molecule has 3 N–H and O–H groups in total. The second kappa shape index (κ2) is 6.96. The lowest BCUT2D eigenvalue weighted by Gasteiger charge is -2.22. The predicted molar refractivity (Wildman–Crippen MR) is 71.2 cm³/mol. The lowest BCUT2D eigenvalue weighted by molar-refractivity contribution is 0.0806. The second-order valence-electron chi connectivity index (χ2n) is 4.45. The quantitative estimate of drug-likeness (QED) is 0.802. The fourth-order valence-corrected chi connectivity index (χ4v) is 1.49. The first-order chi connectivity index (χ1) is 8.54. The molecule has 0 fully saturated rings. The molecular weight excluding hydrogens is 230 g/mol. The highest BCUT2D eigenvalue weighted by molar-refractivity contribution is 5.94. The Bertz CT molecular complexity index is 394. The smallest absolute Gasteiger partial charge is 0.251 e. The van der Waals surface area contributed by atoms with Gasteiger partial charge in [-0.3, -0.25) is 4.79 Å². The van der Waals surface area contributed by atoms with E-state index in [4.69, 9.17) is 10.5 Å². The Morgan fingerprint density at radius 3 is 2.83 bits per heavy atom. The highest BCUT2D eigenvalue weighted by Gasteiger charge is 2.17. The highest BCUT2D eigenvalue weighted by Crippen LogP contribution is 2.07. The number of rotatable bonds is 6. The molecule has 1 aromatic heterocycles. The molecule has 1 atom stereocenters. The van der Waals surface area contributed by atoms with E-state index < -0.39 is 0 Å². The molecule has 0 aromatic carbocycles. The van der Waals surface area contributed by atoms with Crippen LogP contribution in [-0.2, 0) is 4.74 Å². The molecule has 0 spiro atoms. The van der Waals surface area contributed by atoms with E-state index in [1.54, 1.807) is 12.1 Å². The largest absolute Gasteiger partial charge is 0.384 e. The average Bonchev–Trinajstić information content (AvgIpc) is 2.33. The third-order valence-corrected chi connectivity index (χ3v) is 2.67. The van der Waals surface area contributed by atoms with E-state index >= 15 is 0 Å². The molecule has 1 unspecified atom stereocenters. The summed E-state index contributed by atoms with van der Waals surface area (Å²) in [6.45, 7) is 7.18. The van der Waals surface area contributed by atoms with E-state index in [0.29, 0.717) is 30.5 Å². The molecule has 0 saturated heterocycles. The first-order valence-electron chi connectivity index (χ1n) is 6.14. The van der Waals surface area contributed by atoms with E-state index in [1.165, 1.54) is 6.20 Å². The molecule has 0 aliphatic rings. The van der Waals surface area contributed by atoms with Gasteiger partial charge in [-0.15, -0.1) is 0 Å².